The Balaban J connectivity index is 1.98. The number of nitrogens with zero attached hydrogens (tertiary/aromatic N) is 4. The number of aryl methyl sites for hydroxylation is 2. The van der Waals surface area contributed by atoms with Gasteiger partial charge in [-0.05, 0) is 39.7 Å². The van der Waals surface area contributed by atoms with Crippen LogP contribution in [0, 0.1) is 6.92 Å². The first-order valence-corrected chi connectivity index (χ1v) is 11.6. The van der Waals surface area contributed by atoms with Gasteiger partial charge in [0.2, 0.25) is 5.91 Å². The summed E-state index contributed by atoms with van der Waals surface area (Å²) in [6.07, 6.45) is 2.57. The molecule has 0 aromatic carbocycles. The highest BCUT2D eigenvalue weighted by atomic mass is 32.1. The number of hydrogen-bond donors (Lipinski definition) is 1. The molecule has 34 heavy (non-hydrogen) atoms. The molecule has 1 unspecified atom stereocenters. The Morgan fingerprint density at radius 2 is 1.91 bits per heavy atom. The van der Waals surface area contributed by atoms with Crippen molar-refractivity contribution >= 4 is 45.2 Å². The van der Waals surface area contributed by atoms with Crippen LogP contribution in [0.15, 0.2) is 17.3 Å². The standard InChI is InChI=1S/C22H27N5O6S/c1-7-14(18(28)25-17-13(9-24-26(17)6)21(30)32-8-2)27-10-23-19-15(20(27)29)12(5)16(34-19)22(31)33-11(3)4/h9-11,14H,7-8H2,1-6H3,(H,25,28). The van der Waals surface area contributed by atoms with Crippen molar-refractivity contribution in [2.45, 2.75) is 53.2 Å². The zero-order valence-electron chi connectivity index (χ0n) is 19.9. The first kappa shape index (κ1) is 25.1. The Bertz CT molecular complexity index is 1310. The van der Waals surface area contributed by atoms with Gasteiger partial charge in [0.1, 0.15) is 27.1 Å². The zero-order chi connectivity index (χ0) is 25.2. The smallest absolute Gasteiger partial charge is 0.348 e. The number of anilines is 1. The van der Waals surface area contributed by atoms with Gasteiger partial charge in [-0.2, -0.15) is 5.10 Å². The van der Waals surface area contributed by atoms with Gasteiger partial charge in [0, 0.05) is 7.05 Å². The summed E-state index contributed by atoms with van der Waals surface area (Å²) in [5, 5.41) is 6.97. The summed E-state index contributed by atoms with van der Waals surface area (Å²) in [5.41, 5.74) is 0.124. The topological polar surface area (TPSA) is 134 Å². The predicted octanol–water partition coefficient (Wildman–Crippen LogP) is 2.83. The Hall–Kier alpha value is -3.54. The summed E-state index contributed by atoms with van der Waals surface area (Å²) >= 11 is 1.08. The van der Waals surface area contributed by atoms with E-state index in [2.05, 4.69) is 15.4 Å². The van der Waals surface area contributed by atoms with Crippen molar-refractivity contribution in [3.63, 3.8) is 0 Å². The number of rotatable bonds is 8. The molecule has 3 rings (SSSR count). The van der Waals surface area contributed by atoms with E-state index in [1.807, 2.05) is 0 Å². The van der Waals surface area contributed by atoms with Crippen LogP contribution >= 0.6 is 11.3 Å². The number of esters is 2. The largest absolute Gasteiger partial charge is 0.462 e. The van der Waals surface area contributed by atoms with E-state index in [1.54, 1.807) is 41.7 Å². The summed E-state index contributed by atoms with van der Waals surface area (Å²) in [6, 6.07) is -0.917. The summed E-state index contributed by atoms with van der Waals surface area (Å²) < 4.78 is 12.9. The van der Waals surface area contributed by atoms with Crippen LogP contribution < -0.4 is 10.9 Å². The Morgan fingerprint density at radius 1 is 1.21 bits per heavy atom. The normalized spacial score (nSPS) is 12.1. The molecule has 0 saturated carbocycles. The van der Waals surface area contributed by atoms with Crippen LogP contribution in [-0.2, 0) is 21.3 Å². The molecule has 182 valence electrons. The molecule has 0 radical (unpaired) electrons. The number of fused-ring (bicyclic) bond motifs is 1. The van der Waals surface area contributed by atoms with Gasteiger partial charge >= 0.3 is 11.9 Å². The van der Waals surface area contributed by atoms with Gasteiger partial charge in [-0.25, -0.2) is 14.6 Å². The molecule has 0 aliphatic carbocycles. The van der Waals surface area contributed by atoms with Crippen LogP contribution in [0.3, 0.4) is 0 Å². The number of amides is 1. The maximum absolute atomic E-state index is 13.3. The second kappa shape index (κ2) is 10.2. The first-order valence-electron chi connectivity index (χ1n) is 10.8. The lowest BCUT2D eigenvalue weighted by molar-refractivity contribution is -0.119. The highest BCUT2D eigenvalue weighted by Gasteiger charge is 2.27. The van der Waals surface area contributed by atoms with Crippen molar-refractivity contribution in [1.82, 2.24) is 19.3 Å². The van der Waals surface area contributed by atoms with Crippen molar-refractivity contribution in [1.29, 1.82) is 0 Å². The number of hydrogen-bond acceptors (Lipinski definition) is 9. The second-order valence-electron chi connectivity index (χ2n) is 7.81. The number of carbonyl (C=O) groups excluding carboxylic acids is 3. The Morgan fingerprint density at radius 3 is 2.53 bits per heavy atom. The van der Waals surface area contributed by atoms with E-state index in [0.29, 0.717) is 15.3 Å². The minimum Gasteiger partial charge on any atom is -0.462 e. The third-order valence-electron chi connectivity index (χ3n) is 5.10. The predicted molar refractivity (Wildman–Crippen MR) is 126 cm³/mol. The molecule has 1 atom stereocenters. The SMILES string of the molecule is CCOC(=O)c1cnn(C)c1NC(=O)C(CC)n1cnc2sc(C(=O)OC(C)C)c(C)c2c1=O. The molecule has 0 bridgehead atoms. The minimum atomic E-state index is -0.917. The second-order valence-corrected chi connectivity index (χ2v) is 8.81. The summed E-state index contributed by atoms with van der Waals surface area (Å²) in [7, 11) is 1.57. The third kappa shape index (κ3) is 4.72. The van der Waals surface area contributed by atoms with Crippen LogP contribution in [0.4, 0.5) is 5.82 Å². The maximum Gasteiger partial charge on any atom is 0.348 e. The van der Waals surface area contributed by atoms with E-state index < -0.39 is 29.4 Å². The lowest BCUT2D eigenvalue weighted by atomic mass is 10.1. The van der Waals surface area contributed by atoms with Gasteiger partial charge in [-0.3, -0.25) is 18.8 Å². The number of aromatic nitrogens is 4. The molecule has 11 nitrogen and oxygen atoms in total. The molecule has 1 N–H and O–H groups in total. The van der Waals surface area contributed by atoms with Crippen LogP contribution in [0.1, 0.15) is 65.8 Å². The number of ether oxygens (including phenoxy) is 2. The molecular formula is C22H27N5O6S. The quantitative estimate of drug-likeness (QED) is 0.477. The monoisotopic (exact) mass is 489 g/mol. The molecule has 0 fully saturated rings. The summed E-state index contributed by atoms with van der Waals surface area (Å²) in [5.74, 6) is -1.50. The van der Waals surface area contributed by atoms with Gasteiger partial charge in [-0.15, -0.1) is 11.3 Å². The molecule has 12 heteroatoms. The highest BCUT2D eigenvalue weighted by Crippen LogP contribution is 2.28. The molecule has 0 aliphatic rings. The van der Waals surface area contributed by atoms with E-state index in [4.69, 9.17) is 9.47 Å². The van der Waals surface area contributed by atoms with Gasteiger partial charge in [0.05, 0.1) is 30.6 Å². The average molecular weight is 490 g/mol. The fourth-order valence-corrected chi connectivity index (χ4v) is 4.50. The van der Waals surface area contributed by atoms with Gasteiger partial charge in [0.15, 0.2) is 0 Å². The van der Waals surface area contributed by atoms with Crippen molar-refractivity contribution in [2.24, 2.45) is 7.05 Å². The lowest BCUT2D eigenvalue weighted by Gasteiger charge is -2.18. The number of nitrogens with one attached hydrogen (secondary N) is 1. The molecule has 1 amide bonds. The summed E-state index contributed by atoms with van der Waals surface area (Å²) in [4.78, 5) is 56.2. The lowest BCUT2D eigenvalue weighted by Crippen LogP contribution is -2.34. The van der Waals surface area contributed by atoms with Crippen LogP contribution in [-0.4, -0.2) is 49.9 Å². The average Bonchev–Trinajstić information content (AvgIpc) is 3.30. The molecule has 0 spiro atoms. The van der Waals surface area contributed by atoms with E-state index in [9.17, 15) is 19.2 Å². The third-order valence-corrected chi connectivity index (χ3v) is 6.28. The molecule has 3 aromatic rings. The Labute approximate surface area is 199 Å². The first-order chi connectivity index (χ1) is 16.1. The zero-order valence-corrected chi connectivity index (χ0v) is 20.7. The molecule has 3 aromatic heterocycles. The highest BCUT2D eigenvalue weighted by molar-refractivity contribution is 7.20. The van der Waals surface area contributed by atoms with Crippen molar-refractivity contribution in [3.05, 3.63) is 38.9 Å². The number of thiophene rings is 1. The molecule has 3 heterocycles. The van der Waals surface area contributed by atoms with Crippen LogP contribution in [0.5, 0.6) is 0 Å². The van der Waals surface area contributed by atoms with Gasteiger partial charge in [0.25, 0.3) is 5.56 Å². The van der Waals surface area contributed by atoms with Crippen LogP contribution in [0.2, 0.25) is 0 Å². The maximum atomic E-state index is 13.3. The van der Waals surface area contributed by atoms with Crippen LogP contribution in [0.25, 0.3) is 10.2 Å². The molecule has 0 aliphatic heterocycles. The van der Waals surface area contributed by atoms with E-state index in [-0.39, 0.29) is 35.9 Å². The van der Waals surface area contributed by atoms with E-state index in [1.165, 1.54) is 21.8 Å². The number of carbonyl (C=O) groups is 3. The van der Waals surface area contributed by atoms with E-state index in [0.717, 1.165) is 11.3 Å². The Kier molecular flexibility index (Phi) is 7.50. The van der Waals surface area contributed by atoms with Crippen molar-refractivity contribution in [3.8, 4) is 0 Å². The van der Waals surface area contributed by atoms with E-state index >= 15 is 0 Å². The van der Waals surface area contributed by atoms with Gasteiger partial charge in [-0.1, -0.05) is 6.92 Å². The fraction of sp³-hybridized carbons (Fsp3) is 0.455. The van der Waals surface area contributed by atoms with Crippen molar-refractivity contribution in [2.75, 3.05) is 11.9 Å². The fourth-order valence-electron chi connectivity index (χ4n) is 3.47. The van der Waals surface area contributed by atoms with Gasteiger partial charge < -0.3 is 14.8 Å². The molecular weight excluding hydrogens is 462 g/mol. The summed E-state index contributed by atoms with van der Waals surface area (Å²) in [6.45, 7) is 8.74. The minimum absolute atomic E-state index is 0.107. The molecule has 0 saturated heterocycles. The van der Waals surface area contributed by atoms with Crippen molar-refractivity contribution < 1.29 is 23.9 Å².